The van der Waals surface area contributed by atoms with Crippen LogP contribution in [0.2, 0.25) is 0 Å². The zero-order valence-electron chi connectivity index (χ0n) is 24.2. The third kappa shape index (κ3) is 14.1. The molecule has 0 atom stereocenters. The highest BCUT2D eigenvalue weighted by molar-refractivity contribution is 5.86. The van der Waals surface area contributed by atoms with Gasteiger partial charge in [-0.1, -0.05) is 96.6 Å². The fraction of sp³-hybridized carbons (Fsp3) is 0.781. The van der Waals surface area contributed by atoms with E-state index in [0.29, 0.717) is 18.9 Å². The van der Waals surface area contributed by atoms with Gasteiger partial charge >= 0.3 is 6.09 Å². The van der Waals surface area contributed by atoms with E-state index in [1.165, 1.54) is 122 Å². The number of ether oxygens (including phenoxy) is 2. The van der Waals surface area contributed by atoms with E-state index in [1.54, 1.807) is 0 Å². The monoisotopic (exact) mass is 517 g/mol. The second-order valence-electron chi connectivity index (χ2n) is 11.1. The highest BCUT2D eigenvalue weighted by atomic mass is 16.5. The number of unbranched alkanes of at least 4 members (excludes halogenated alkanes) is 12. The molecular formula is C32H57N2O3+. The molecule has 1 fully saturated rings. The van der Waals surface area contributed by atoms with Gasteiger partial charge in [0.25, 0.3) is 0 Å². The lowest BCUT2D eigenvalue weighted by molar-refractivity contribution is -0.932. The van der Waals surface area contributed by atoms with Crippen LogP contribution < -0.4 is 10.1 Å². The Bertz CT molecular complexity index is 703. The van der Waals surface area contributed by atoms with Crippen molar-refractivity contribution < 1.29 is 18.8 Å². The smallest absolute Gasteiger partial charge is 0.411 e. The van der Waals surface area contributed by atoms with Crippen molar-refractivity contribution in [3.05, 3.63) is 24.3 Å². The van der Waals surface area contributed by atoms with E-state index in [-0.39, 0.29) is 6.09 Å². The minimum absolute atomic E-state index is 0.379. The van der Waals surface area contributed by atoms with E-state index in [1.807, 2.05) is 24.3 Å². The number of hydrogen-bond donors (Lipinski definition) is 1. The molecule has 0 aliphatic carbocycles. The molecule has 0 bridgehead atoms. The first-order valence-electron chi connectivity index (χ1n) is 15.7. The van der Waals surface area contributed by atoms with Gasteiger partial charge in [0.2, 0.25) is 0 Å². The summed E-state index contributed by atoms with van der Waals surface area (Å²) in [6.45, 7) is 10.3. The van der Waals surface area contributed by atoms with Gasteiger partial charge in [-0.05, 0) is 50.7 Å². The topological polar surface area (TPSA) is 47.6 Å². The fourth-order valence-electron chi connectivity index (χ4n) is 5.56. The van der Waals surface area contributed by atoms with Crippen molar-refractivity contribution in [1.29, 1.82) is 0 Å². The Kier molecular flexibility index (Phi) is 17.2. The van der Waals surface area contributed by atoms with Gasteiger partial charge in [-0.2, -0.15) is 0 Å². The molecule has 212 valence electrons. The van der Waals surface area contributed by atoms with Crippen LogP contribution in [-0.4, -0.2) is 50.0 Å². The van der Waals surface area contributed by atoms with E-state index in [0.717, 1.165) is 23.2 Å². The molecule has 37 heavy (non-hydrogen) atoms. The maximum atomic E-state index is 12.6. The summed E-state index contributed by atoms with van der Waals surface area (Å²) < 4.78 is 12.7. The van der Waals surface area contributed by atoms with Crippen LogP contribution in [0.5, 0.6) is 5.75 Å². The highest BCUT2D eigenvalue weighted by Crippen LogP contribution is 2.25. The van der Waals surface area contributed by atoms with Gasteiger partial charge in [-0.3, -0.25) is 5.32 Å². The zero-order valence-corrected chi connectivity index (χ0v) is 24.2. The van der Waals surface area contributed by atoms with Gasteiger partial charge in [0.1, 0.15) is 18.9 Å². The Hall–Kier alpha value is -1.75. The third-order valence-corrected chi connectivity index (χ3v) is 7.93. The average Bonchev–Trinajstić information content (AvgIpc) is 2.91. The van der Waals surface area contributed by atoms with Crippen LogP contribution in [0, 0.1) is 0 Å². The number of para-hydroxylation sites is 2. The quantitative estimate of drug-likeness (QED) is 0.131. The first kappa shape index (κ1) is 31.5. The molecule has 1 aromatic rings. The molecular weight excluding hydrogens is 460 g/mol. The van der Waals surface area contributed by atoms with Crippen LogP contribution in [0.25, 0.3) is 0 Å². The van der Waals surface area contributed by atoms with Crippen LogP contribution >= 0.6 is 0 Å². The summed E-state index contributed by atoms with van der Waals surface area (Å²) in [5, 5.41) is 2.91. The first-order valence-corrected chi connectivity index (χ1v) is 15.7. The van der Waals surface area contributed by atoms with E-state index in [9.17, 15) is 4.79 Å². The minimum atomic E-state index is -0.379. The molecule has 0 aromatic heterocycles. The van der Waals surface area contributed by atoms with Gasteiger partial charge in [-0.25, -0.2) is 4.79 Å². The number of rotatable bonds is 21. The summed E-state index contributed by atoms with van der Waals surface area (Å²) in [6.07, 6.45) is 22.0. The van der Waals surface area contributed by atoms with E-state index in [4.69, 9.17) is 9.47 Å². The van der Waals surface area contributed by atoms with Gasteiger partial charge in [0.15, 0.2) is 0 Å². The van der Waals surface area contributed by atoms with Crippen LogP contribution in [0.1, 0.15) is 123 Å². The maximum absolute atomic E-state index is 12.6. The second-order valence-corrected chi connectivity index (χ2v) is 11.1. The summed E-state index contributed by atoms with van der Waals surface area (Å²) in [5.74, 6) is 0.719. The number of piperidine rings is 1. The van der Waals surface area contributed by atoms with Crippen molar-refractivity contribution in [2.45, 2.75) is 123 Å². The predicted molar refractivity (Wildman–Crippen MR) is 156 cm³/mol. The lowest BCUT2D eigenvalue weighted by Crippen LogP contribution is -2.54. The van der Waals surface area contributed by atoms with Crippen LogP contribution in [-0.2, 0) is 4.74 Å². The number of nitrogens with one attached hydrogen (secondary N) is 1. The molecule has 5 nitrogen and oxygen atoms in total. The number of likely N-dealkylation sites (tertiary alicyclic amines) is 1. The lowest BCUT2D eigenvalue weighted by Gasteiger charge is -2.41. The van der Waals surface area contributed by atoms with Crippen LogP contribution in [0.3, 0.4) is 0 Å². The normalized spacial score (nSPS) is 14.9. The van der Waals surface area contributed by atoms with Gasteiger partial charge < -0.3 is 14.0 Å². The molecule has 1 amide bonds. The molecule has 0 saturated carbocycles. The van der Waals surface area contributed by atoms with Crippen molar-refractivity contribution in [2.24, 2.45) is 0 Å². The number of amides is 1. The fourth-order valence-corrected chi connectivity index (χ4v) is 5.56. The molecule has 1 saturated heterocycles. The number of quaternary nitrogens is 1. The van der Waals surface area contributed by atoms with E-state index < -0.39 is 0 Å². The average molecular weight is 518 g/mol. The number of carbonyl (C=O) groups excluding carboxylic acids is 1. The molecule has 0 unspecified atom stereocenters. The summed E-state index contributed by atoms with van der Waals surface area (Å²) in [7, 11) is 0. The number of nitrogens with zero attached hydrogens (tertiary/aromatic N) is 1. The summed E-state index contributed by atoms with van der Waals surface area (Å²) in [4.78, 5) is 12.6. The lowest BCUT2D eigenvalue weighted by atomic mass is 10.0. The Morgan fingerprint density at radius 2 is 1.32 bits per heavy atom. The largest absolute Gasteiger partial charge is 0.491 e. The Morgan fingerprint density at radius 1 is 0.730 bits per heavy atom. The Balaban J connectivity index is 1.67. The zero-order chi connectivity index (χ0) is 26.4. The molecule has 1 aromatic carbocycles. The Morgan fingerprint density at radius 3 is 2.00 bits per heavy atom. The van der Waals surface area contributed by atoms with Crippen molar-refractivity contribution in [3.8, 4) is 5.75 Å². The summed E-state index contributed by atoms with van der Waals surface area (Å²) in [6, 6.07) is 7.65. The number of hydrogen-bond acceptors (Lipinski definition) is 3. The number of anilines is 1. The molecule has 1 heterocycles. The van der Waals surface area contributed by atoms with E-state index >= 15 is 0 Å². The van der Waals surface area contributed by atoms with Crippen molar-refractivity contribution in [3.63, 3.8) is 0 Å². The standard InChI is InChI=1S/C32H56N2O3/c1-3-5-7-9-10-11-12-13-14-18-24-34(25-19-15-20-26-34)27-29-37-32(35)33-30-22-16-17-23-31(30)36-28-21-8-6-4-2/h16-17,22-23H,3-15,18-21,24-29H2,1-2H3/p+1. The third-order valence-electron chi connectivity index (χ3n) is 7.93. The number of carbonyl (C=O) groups is 1. The molecule has 1 aliphatic heterocycles. The predicted octanol–water partition coefficient (Wildman–Crippen LogP) is 9.12. The van der Waals surface area contributed by atoms with Crippen molar-refractivity contribution in [2.75, 3.05) is 44.7 Å². The van der Waals surface area contributed by atoms with Crippen LogP contribution in [0.4, 0.5) is 10.5 Å². The molecule has 0 spiro atoms. The highest BCUT2D eigenvalue weighted by Gasteiger charge is 2.29. The van der Waals surface area contributed by atoms with E-state index in [2.05, 4.69) is 19.2 Å². The summed E-state index contributed by atoms with van der Waals surface area (Å²) >= 11 is 0. The van der Waals surface area contributed by atoms with Gasteiger partial charge in [-0.15, -0.1) is 0 Å². The molecule has 0 radical (unpaired) electrons. The molecule has 1 aliphatic rings. The molecule has 1 N–H and O–H groups in total. The molecule has 2 rings (SSSR count). The SMILES string of the molecule is CCCCCCCCCCCC[N+]1(CCOC(=O)Nc2ccccc2OCCCCCC)CCCCC1. The maximum Gasteiger partial charge on any atom is 0.411 e. The second kappa shape index (κ2) is 20.2. The first-order chi connectivity index (χ1) is 18.2. The Labute approximate surface area is 228 Å². The van der Waals surface area contributed by atoms with Gasteiger partial charge in [0, 0.05) is 0 Å². The molecule has 5 heteroatoms. The number of benzene rings is 1. The van der Waals surface area contributed by atoms with Gasteiger partial charge in [0.05, 0.1) is 31.9 Å². The minimum Gasteiger partial charge on any atom is -0.491 e. The summed E-state index contributed by atoms with van der Waals surface area (Å²) in [5.41, 5.74) is 0.690. The van der Waals surface area contributed by atoms with Crippen molar-refractivity contribution >= 4 is 11.8 Å². The van der Waals surface area contributed by atoms with Crippen LogP contribution in [0.15, 0.2) is 24.3 Å². The van der Waals surface area contributed by atoms with Crippen molar-refractivity contribution in [1.82, 2.24) is 0 Å².